The first-order valence-electron chi connectivity index (χ1n) is 6.74. The number of ether oxygens (including phenoxy) is 1. The molecule has 1 aliphatic heterocycles. The van der Waals surface area contributed by atoms with E-state index in [2.05, 4.69) is 10.3 Å². The predicted molar refractivity (Wildman–Crippen MR) is 77.8 cm³/mol. The van der Waals surface area contributed by atoms with Gasteiger partial charge in [-0.3, -0.25) is 0 Å². The van der Waals surface area contributed by atoms with Crippen LogP contribution in [0.1, 0.15) is 6.92 Å². The van der Waals surface area contributed by atoms with E-state index in [9.17, 15) is 8.42 Å². The minimum Gasteiger partial charge on any atom is -0.377 e. The van der Waals surface area contributed by atoms with Gasteiger partial charge in [0.05, 0.1) is 19.3 Å². The van der Waals surface area contributed by atoms with E-state index in [1.165, 1.54) is 6.26 Å². The lowest BCUT2D eigenvalue weighted by Crippen LogP contribution is -2.51. The van der Waals surface area contributed by atoms with Crippen molar-refractivity contribution in [2.24, 2.45) is 0 Å². The molecule has 2 rings (SSSR count). The number of hydrogen-bond donors (Lipinski definition) is 1. The maximum atomic E-state index is 11.9. The Balaban J connectivity index is 2.33. The molecule has 0 saturated carbocycles. The molecule has 0 radical (unpaired) electrons. The van der Waals surface area contributed by atoms with Crippen molar-refractivity contribution in [1.82, 2.24) is 10.3 Å². The van der Waals surface area contributed by atoms with Crippen molar-refractivity contribution in [2.75, 3.05) is 44.0 Å². The highest BCUT2D eigenvalue weighted by molar-refractivity contribution is 7.90. The lowest BCUT2D eigenvalue weighted by molar-refractivity contribution is 0.0932. The van der Waals surface area contributed by atoms with Gasteiger partial charge in [-0.25, -0.2) is 13.4 Å². The van der Waals surface area contributed by atoms with Gasteiger partial charge >= 0.3 is 0 Å². The SMILES string of the molecule is CCNCC1COCCN1c1ncccc1S(C)(=O)=O. The van der Waals surface area contributed by atoms with Gasteiger partial charge in [0.2, 0.25) is 0 Å². The van der Waals surface area contributed by atoms with Gasteiger partial charge in [0.1, 0.15) is 10.7 Å². The minimum atomic E-state index is -3.29. The van der Waals surface area contributed by atoms with Crippen LogP contribution in [0.25, 0.3) is 0 Å². The fourth-order valence-corrected chi connectivity index (χ4v) is 3.13. The van der Waals surface area contributed by atoms with E-state index in [-0.39, 0.29) is 10.9 Å². The third-order valence-corrected chi connectivity index (χ3v) is 4.40. The van der Waals surface area contributed by atoms with Gasteiger partial charge in [-0.15, -0.1) is 0 Å². The number of rotatable bonds is 5. The molecule has 1 atom stereocenters. The normalized spacial score (nSPS) is 20.1. The van der Waals surface area contributed by atoms with Gasteiger partial charge in [0, 0.05) is 25.5 Å². The second kappa shape index (κ2) is 6.51. The first-order chi connectivity index (χ1) is 9.54. The highest BCUT2D eigenvalue weighted by Gasteiger charge is 2.27. The maximum Gasteiger partial charge on any atom is 0.179 e. The van der Waals surface area contributed by atoms with E-state index in [0.717, 1.165) is 13.1 Å². The summed E-state index contributed by atoms with van der Waals surface area (Å²) in [6.45, 7) is 5.46. The van der Waals surface area contributed by atoms with Crippen molar-refractivity contribution in [2.45, 2.75) is 17.9 Å². The van der Waals surface area contributed by atoms with E-state index in [0.29, 0.717) is 25.6 Å². The van der Waals surface area contributed by atoms with Crippen LogP contribution in [0.3, 0.4) is 0 Å². The number of likely N-dealkylation sites (N-methyl/N-ethyl adjacent to an activating group) is 1. The Kier molecular flexibility index (Phi) is 4.95. The van der Waals surface area contributed by atoms with Gasteiger partial charge in [-0.1, -0.05) is 6.92 Å². The Morgan fingerprint density at radius 2 is 2.35 bits per heavy atom. The van der Waals surface area contributed by atoms with Crippen LogP contribution in [0, 0.1) is 0 Å². The number of hydrogen-bond acceptors (Lipinski definition) is 6. The predicted octanol–water partition coefficient (Wildman–Crippen LogP) is 0.300. The zero-order chi connectivity index (χ0) is 14.6. The molecule has 0 bridgehead atoms. The Morgan fingerprint density at radius 3 is 3.05 bits per heavy atom. The number of pyridine rings is 1. The largest absolute Gasteiger partial charge is 0.377 e. The number of aromatic nitrogens is 1. The molecule has 1 aliphatic rings. The van der Waals surface area contributed by atoms with Gasteiger partial charge < -0.3 is 15.0 Å². The summed E-state index contributed by atoms with van der Waals surface area (Å²) in [5.41, 5.74) is 0. The molecule has 1 aromatic heterocycles. The summed E-state index contributed by atoms with van der Waals surface area (Å²) in [4.78, 5) is 6.60. The average molecular weight is 299 g/mol. The standard InChI is InChI=1S/C13H21N3O3S/c1-3-14-9-11-10-19-8-7-16(11)13-12(20(2,17)18)5-4-6-15-13/h4-6,11,14H,3,7-10H2,1-2H3. The van der Waals surface area contributed by atoms with Crippen molar-refractivity contribution in [3.63, 3.8) is 0 Å². The zero-order valence-corrected chi connectivity index (χ0v) is 12.7. The topological polar surface area (TPSA) is 71.5 Å². The second-order valence-electron chi connectivity index (χ2n) is 4.83. The second-order valence-corrected chi connectivity index (χ2v) is 6.81. The van der Waals surface area contributed by atoms with Crippen LogP contribution in [0.4, 0.5) is 5.82 Å². The number of nitrogens with zero attached hydrogens (tertiary/aromatic N) is 2. The van der Waals surface area contributed by atoms with Gasteiger partial charge in [-0.05, 0) is 18.7 Å². The molecule has 2 heterocycles. The summed E-state index contributed by atoms with van der Waals surface area (Å²) in [5.74, 6) is 0.529. The molecule has 1 fully saturated rings. The Hall–Kier alpha value is -1.18. The van der Waals surface area contributed by atoms with Crippen LogP contribution >= 0.6 is 0 Å². The van der Waals surface area contributed by atoms with Gasteiger partial charge in [0.15, 0.2) is 9.84 Å². The summed E-state index contributed by atoms with van der Waals surface area (Å²) >= 11 is 0. The average Bonchev–Trinajstić information content (AvgIpc) is 2.44. The zero-order valence-electron chi connectivity index (χ0n) is 11.9. The van der Waals surface area contributed by atoms with Gasteiger partial charge in [-0.2, -0.15) is 0 Å². The van der Waals surface area contributed by atoms with Crippen LogP contribution in [-0.2, 0) is 14.6 Å². The number of morpholine rings is 1. The molecule has 0 aliphatic carbocycles. The Bertz CT molecular complexity index is 548. The summed E-state index contributed by atoms with van der Waals surface area (Å²) in [6, 6.07) is 3.36. The van der Waals surface area contributed by atoms with Crippen molar-refractivity contribution in [3.05, 3.63) is 18.3 Å². The number of sulfone groups is 1. The quantitative estimate of drug-likeness (QED) is 0.843. The van der Waals surface area contributed by atoms with Crippen LogP contribution in [0.15, 0.2) is 23.2 Å². The van der Waals surface area contributed by atoms with E-state index in [1.807, 2.05) is 11.8 Å². The fraction of sp³-hybridized carbons (Fsp3) is 0.615. The maximum absolute atomic E-state index is 11.9. The summed E-state index contributed by atoms with van der Waals surface area (Å²) in [5, 5.41) is 3.28. The molecular formula is C13H21N3O3S. The highest BCUT2D eigenvalue weighted by atomic mass is 32.2. The Labute approximate surface area is 120 Å². The highest BCUT2D eigenvalue weighted by Crippen LogP contribution is 2.25. The summed E-state index contributed by atoms with van der Waals surface area (Å²) in [6.07, 6.45) is 2.84. The molecule has 1 aromatic rings. The molecule has 112 valence electrons. The van der Waals surface area contributed by atoms with E-state index >= 15 is 0 Å². The molecule has 20 heavy (non-hydrogen) atoms. The Morgan fingerprint density at radius 1 is 1.55 bits per heavy atom. The van der Waals surface area contributed by atoms with E-state index in [1.54, 1.807) is 18.3 Å². The smallest absolute Gasteiger partial charge is 0.179 e. The van der Waals surface area contributed by atoms with Crippen LogP contribution < -0.4 is 10.2 Å². The molecule has 1 unspecified atom stereocenters. The van der Waals surface area contributed by atoms with E-state index < -0.39 is 9.84 Å². The lowest BCUT2D eigenvalue weighted by Gasteiger charge is -2.37. The lowest BCUT2D eigenvalue weighted by atomic mass is 10.2. The fourth-order valence-electron chi connectivity index (χ4n) is 2.30. The molecule has 6 nitrogen and oxygen atoms in total. The van der Waals surface area contributed by atoms with Crippen LogP contribution in [0.2, 0.25) is 0 Å². The summed E-state index contributed by atoms with van der Waals surface area (Å²) in [7, 11) is -3.29. The molecular weight excluding hydrogens is 278 g/mol. The molecule has 7 heteroatoms. The molecule has 1 N–H and O–H groups in total. The first-order valence-corrected chi connectivity index (χ1v) is 8.63. The monoisotopic (exact) mass is 299 g/mol. The first kappa shape index (κ1) is 15.2. The van der Waals surface area contributed by atoms with Crippen molar-refractivity contribution in [1.29, 1.82) is 0 Å². The molecule has 0 aromatic carbocycles. The van der Waals surface area contributed by atoms with Crippen molar-refractivity contribution < 1.29 is 13.2 Å². The van der Waals surface area contributed by atoms with Crippen LogP contribution in [-0.4, -0.2) is 58.5 Å². The number of anilines is 1. The van der Waals surface area contributed by atoms with Crippen LogP contribution in [0.5, 0.6) is 0 Å². The minimum absolute atomic E-state index is 0.0964. The summed E-state index contributed by atoms with van der Waals surface area (Å²) < 4.78 is 29.3. The van der Waals surface area contributed by atoms with Crippen molar-refractivity contribution in [3.8, 4) is 0 Å². The van der Waals surface area contributed by atoms with Crippen molar-refractivity contribution >= 4 is 15.7 Å². The van der Waals surface area contributed by atoms with E-state index in [4.69, 9.17) is 4.74 Å². The molecule has 0 amide bonds. The van der Waals surface area contributed by atoms with Gasteiger partial charge in [0.25, 0.3) is 0 Å². The number of nitrogens with one attached hydrogen (secondary N) is 1. The third kappa shape index (κ3) is 3.47. The third-order valence-electron chi connectivity index (χ3n) is 3.28. The molecule has 1 saturated heterocycles. The molecule has 0 spiro atoms.